The highest BCUT2D eigenvalue weighted by Crippen LogP contribution is 2.41. The van der Waals surface area contributed by atoms with E-state index in [9.17, 15) is 0 Å². The summed E-state index contributed by atoms with van der Waals surface area (Å²) in [6, 6.07) is 8.40. The molecule has 5 heteroatoms. The number of ether oxygens (including phenoxy) is 2. The van der Waals surface area contributed by atoms with Gasteiger partial charge in [-0.3, -0.25) is 9.88 Å². The number of thiophene rings is 1. The zero-order valence-corrected chi connectivity index (χ0v) is 14.7. The first-order chi connectivity index (χ1) is 11.8. The molecule has 2 aromatic heterocycles. The van der Waals surface area contributed by atoms with Crippen molar-refractivity contribution in [3.63, 3.8) is 0 Å². The molecule has 2 aromatic rings. The molecule has 128 valence electrons. The first kappa shape index (κ1) is 16.2. The van der Waals surface area contributed by atoms with E-state index in [0.29, 0.717) is 12.7 Å². The molecule has 0 bridgehead atoms. The SMILES string of the molecule is c1csc(CN2CC[C@H]3OCC[C@@]3(COCc3ccncc3)C2)c1. The fourth-order valence-electron chi connectivity index (χ4n) is 3.96. The van der Waals surface area contributed by atoms with E-state index in [1.807, 2.05) is 35.9 Å². The standard InChI is InChI=1S/C19H24N2O2S/c1-2-17(24-11-1)12-21-9-5-18-19(14-21,6-10-23-18)15-22-13-16-3-7-20-8-4-16/h1-4,7-8,11,18H,5-6,9-10,12-15H2/t18-,19+/m1/s1. The lowest BCUT2D eigenvalue weighted by Gasteiger charge is -2.43. The van der Waals surface area contributed by atoms with Crippen LogP contribution in [0.25, 0.3) is 0 Å². The van der Waals surface area contributed by atoms with E-state index in [4.69, 9.17) is 9.47 Å². The van der Waals surface area contributed by atoms with Crippen molar-refractivity contribution in [2.24, 2.45) is 5.41 Å². The van der Waals surface area contributed by atoms with Crippen LogP contribution in [0, 0.1) is 5.41 Å². The average molecular weight is 344 g/mol. The largest absolute Gasteiger partial charge is 0.377 e. The van der Waals surface area contributed by atoms with Crippen LogP contribution in [0.2, 0.25) is 0 Å². The van der Waals surface area contributed by atoms with Gasteiger partial charge in [0, 0.05) is 48.9 Å². The highest BCUT2D eigenvalue weighted by atomic mass is 32.1. The predicted octanol–water partition coefficient (Wildman–Crippen LogP) is 3.34. The molecule has 4 rings (SSSR count). The third-order valence-corrected chi connectivity index (χ3v) is 6.08. The molecule has 2 fully saturated rings. The number of pyridine rings is 1. The summed E-state index contributed by atoms with van der Waals surface area (Å²) >= 11 is 1.85. The zero-order chi connectivity index (χ0) is 16.2. The van der Waals surface area contributed by atoms with Crippen LogP contribution in [0.15, 0.2) is 42.0 Å². The molecule has 2 atom stereocenters. The Morgan fingerprint density at radius 1 is 1.33 bits per heavy atom. The summed E-state index contributed by atoms with van der Waals surface area (Å²) in [5.41, 5.74) is 1.34. The Morgan fingerprint density at radius 2 is 2.25 bits per heavy atom. The van der Waals surface area contributed by atoms with E-state index in [1.54, 1.807) is 0 Å². The monoisotopic (exact) mass is 344 g/mol. The predicted molar refractivity (Wildman–Crippen MR) is 94.9 cm³/mol. The van der Waals surface area contributed by atoms with Gasteiger partial charge in [-0.15, -0.1) is 11.3 Å². The fourth-order valence-corrected chi connectivity index (χ4v) is 4.70. The van der Waals surface area contributed by atoms with Crippen LogP contribution in [0.3, 0.4) is 0 Å². The van der Waals surface area contributed by atoms with Gasteiger partial charge >= 0.3 is 0 Å². The summed E-state index contributed by atoms with van der Waals surface area (Å²) in [7, 11) is 0. The van der Waals surface area contributed by atoms with Crippen LogP contribution < -0.4 is 0 Å². The molecule has 2 aliphatic heterocycles. The Hall–Kier alpha value is -1.27. The minimum Gasteiger partial charge on any atom is -0.377 e. The normalized spacial score (nSPS) is 27.2. The van der Waals surface area contributed by atoms with Crippen LogP contribution in [-0.2, 0) is 22.6 Å². The molecule has 0 aliphatic carbocycles. The van der Waals surface area contributed by atoms with Gasteiger partial charge in [-0.25, -0.2) is 0 Å². The van der Waals surface area contributed by atoms with Gasteiger partial charge in [0.15, 0.2) is 0 Å². The molecule has 0 amide bonds. The zero-order valence-electron chi connectivity index (χ0n) is 13.9. The first-order valence-electron chi connectivity index (χ1n) is 8.67. The first-order valence-corrected chi connectivity index (χ1v) is 9.55. The van der Waals surface area contributed by atoms with Gasteiger partial charge in [-0.2, -0.15) is 0 Å². The fraction of sp³-hybridized carbons (Fsp3) is 0.526. The van der Waals surface area contributed by atoms with Crippen molar-refractivity contribution in [2.75, 3.05) is 26.3 Å². The molecule has 2 saturated heterocycles. The Balaban J connectivity index is 1.38. The van der Waals surface area contributed by atoms with Gasteiger partial charge in [-0.05, 0) is 42.0 Å². The second-order valence-electron chi connectivity index (χ2n) is 6.90. The topological polar surface area (TPSA) is 34.6 Å². The molecule has 4 heterocycles. The third kappa shape index (κ3) is 3.54. The number of rotatable bonds is 6. The third-order valence-electron chi connectivity index (χ3n) is 5.22. The van der Waals surface area contributed by atoms with Crippen LogP contribution in [-0.4, -0.2) is 42.3 Å². The summed E-state index contributed by atoms with van der Waals surface area (Å²) < 4.78 is 12.1. The van der Waals surface area contributed by atoms with Gasteiger partial charge in [-0.1, -0.05) is 6.07 Å². The number of piperidine rings is 1. The Morgan fingerprint density at radius 3 is 3.08 bits per heavy atom. The molecular weight excluding hydrogens is 320 g/mol. The number of likely N-dealkylation sites (tertiary alicyclic amines) is 1. The number of fused-ring (bicyclic) bond motifs is 1. The van der Waals surface area contributed by atoms with E-state index in [1.165, 1.54) is 10.4 Å². The number of hydrogen-bond donors (Lipinski definition) is 0. The van der Waals surface area contributed by atoms with Crippen molar-refractivity contribution < 1.29 is 9.47 Å². The maximum Gasteiger partial charge on any atom is 0.0718 e. The van der Waals surface area contributed by atoms with Gasteiger partial charge in [0.25, 0.3) is 0 Å². The van der Waals surface area contributed by atoms with E-state index < -0.39 is 0 Å². The van der Waals surface area contributed by atoms with Gasteiger partial charge in [0.1, 0.15) is 0 Å². The van der Waals surface area contributed by atoms with E-state index >= 15 is 0 Å². The lowest BCUT2D eigenvalue weighted by atomic mass is 9.77. The van der Waals surface area contributed by atoms with Crippen molar-refractivity contribution in [3.8, 4) is 0 Å². The van der Waals surface area contributed by atoms with Gasteiger partial charge in [0.05, 0.1) is 19.3 Å². The minimum atomic E-state index is 0.155. The van der Waals surface area contributed by atoms with Crippen LogP contribution in [0.5, 0.6) is 0 Å². The molecule has 0 saturated carbocycles. The highest BCUT2D eigenvalue weighted by Gasteiger charge is 2.48. The van der Waals surface area contributed by atoms with Crippen LogP contribution >= 0.6 is 11.3 Å². The summed E-state index contributed by atoms with van der Waals surface area (Å²) in [6.07, 6.45) is 6.22. The van der Waals surface area contributed by atoms with Crippen molar-refractivity contribution >= 4 is 11.3 Å². The van der Waals surface area contributed by atoms with E-state index in [-0.39, 0.29) is 5.41 Å². The number of aromatic nitrogens is 1. The maximum absolute atomic E-state index is 6.12. The smallest absolute Gasteiger partial charge is 0.0718 e. The molecule has 0 N–H and O–H groups in total. The minimum absolute atomic E-state index is 0.155. The molecule has 24 heavy (non-hydrogen) atoms. The molecular formula is C19H24N2O2S. The number of nitrogens with zero attached hydrogens (tertiary/aromatic N) is 2. The summed E-state index contributed by atoms with van der Waals surface area (Å²) in [5.74, 6) is 0. The second-order valence-corrected chi connectivity index (χ2v) is 7.93. The van der Waals surface area contributed by atoms with Crippen LogP contribution in [0.4, 0.5) is 0 Å². The van der Waals surface area contributed by atoms with Crippen molar-refractivity contribution in [1.29, 1.82) is 0 Å². The Bertz CT molecular complexity index is 634. The summed E-state index contributed by atoms with van der Waals surface area (Å²) in [4.78, 5) is 8.08. The van der Waals surface area contributed by atoms with Crippen molar-refractivity contribution in [3.05, 3.63) is 52.5 Å². The molecule has 0 aromatic carbocycles. The molecule has 0 radical (unpaired) electrons. The highest BCUT2D eigenvalue weighted by molar-refractivity contribution is 7.09. The van der Waals surface area contributed by atoms with Crippen molar-refractivity contribution in [1.82, 2.24) is 9.88 Å². The quantitative estimate of drug-likeness (QED) is 0.805. The van der Waals surface area contributed by atoms with Gasteiger partial charge in [0.2, 0.25) is 0 Å². The Kier molecular flexibility index (Phi) is 4.94. The lowest BCUT2D eigenvalue weighted by Crippen LogP contribution is -2.51. The van der Waals surface area contributed by atoms with Gasteiger partial charge < -0.3 is 9.47 Å². The molecule has 0 spiro atoms. The molecule has 4 nitrogen and oxygen atoms in total. The second kappa shape index (κ2) is 7.31. The van der Waals surface area contributed by atoms with Crippen molar-refractivity contribution in [2.45, 2.75) is 32.1 Å². The number of hydrogen-bond acceptors (Lipinski definition) is 5. The summed E-state index contributed by atoms with van der Waals surface area (Å²) in [5, 5.41) is 2.16. The lowest BCUT2D eigenvalue weighted by molar-refractivity contribution is -0.0683. The van der Waals surface area contributed by atoms with E-state index in [2.05, 4.69) is 27.4 Å². The maximum atomic E-state index is 6.12. The molecule has 0 unspecified atom stereocenters. The molecule has 2 aliphatic rings. The summed E-state index contributed by atoms with van der Waals surface area (Å²) in [6.45, 7) is 5.55. The average Bonchev–Trinajstić information content (AvgIpc) is 3.25. The Labute approximate surface area is 147 Å². The van der Waals surface area contributed by atoms with E-state index in [0.717, 1.165) is 45.7 Å². The van der Waals surface area contributed by atoms with Crippen LogP contribution in [0.1, 0.15) is 23.3 Å².